The summed E-state index contributed by atoms with van der Waals surface area (Å²) in [6, 6.07) is 0. The molecular formula is C14H23N5O2S. The Morgan fingerprint density at radius 3 is 2.09 bits per heavy atom. The van der Waals surface area contributed by atoms with E-state index < -0.39 is 10.0 Å². The average molecular weight is 325 g/mol. The van der Waals surface area contributed by atoms with E-state index in [0.29, 0.717) is 18.8 Å². The highest BCUT2D eigenvalue weighted by atomic mass is 32.2. The van der Waals surface area contributed by atoms with Gasteiger partial charge in [0.15, 0.2) is 0 Å². The Hall–Kier alpha value is -1.67. The molecule has 8 heteroatoms. The number of aryl methyl sites for hydroxylation is 2. The third kappa shape index (κ3) is 2.80. The summed E-state index contributed by atoms with van der Waals surface area (Å²) >= 11 is 0. The molecule has 0 radical (unpaired) electrons. The normalized spacial score (nSPS) is 12.3. The summed E-state index contributed by atoms with van der Waals surface area (Å²) in [5.41, 5.74) is 2.56. The van der Waals surface area contributed by atoms with Crippen molar-refractivity contribution in [2.45, 2.75) is 52.2 Å². The Kier molecular flexibility index (Phi) is 4.72. The molecule has 2 rings (SSSR count). The van der Waals surface area contributed by atoms with Crippen LogP contribution in [0, 0.1) is 13.8 Å². The molecule has 7 nitrogen and oxygen atoms in total. The molecule has 0 unspecified atom stereocenters. The lowest BCUT2D eigenvalue weighted by Crippen LogP contribution is -2.27. The maximum atomic E-state index is 12.7. The minimum atomic E-state index is -3.56. The summed E-state index contributed by atoms with van der Waals surface area (Å²) < 4.78 is 30.3. The van der Waals surface area contributed by atoms with Crippen molar-refractivity contribution in [3.8, 4) is 0 Å². The number of rotatable bonds is 6. The molecule has 0 fully saturated rings. The third-order valence-corrected chi connectivity index (χ3v) is 5.85. The van der Waals surface area contributed by atoms with Gasteiger partial charge in [0.1, 0.15) is 4.90 Å². The van der Waals surface area contributed by atoms with Crippen molar-refractivity contribution in [3.63, 3.8) is 0 Å². The highest BCUT2D eigenvalue weighted by Gasteiger charge is 2.26. The summed E-state index contributed by atoms with van der Waals surface area (Å²) in [7, 11) is -1.97. The molecule has 0 aromatic carbocycles. The lowest BCUT2D eigenvalue weighted by molar-refractivity contribution is 0.464. The van der Waals surface area contributed by atoms with Crippen LogP contribution in [0.3, 0.4) is 0 Å². The molecule has 0 aliphatic rings. The first-order chi connectivity index (χ1) is 10.3. The van der Waals surface area contributed by atoms with Crippen molar-refractivity contribution >= 4 is 10.0 Å². The van der Waals surface area contributed by atoms with Crippen molar-refractivity contribution in [1.82, 2.24) is 23.9 Å². The minimum absolute atomic E-state index is 0.261. The van der Waals surface area contributed by atoms with Gasteiger partial charge >= 0.3 is 0 Å². The zero-order valence-electron chi connectivity index (χ0n) is 13.7. The Balaban J connectivity index is 2.28. The van der Waals surface area contributed by atoms with Crippen LogP contribution in [0.2, 0.25) is 0 Å². The highest BCUT2D eigenvalue weighted by Crippen LogP contribution is 2.21. The van der Waals surface area contributed by atoms with Crippen molar-refractivity contribution in [3.05, 3.63) is 29.3 Å². The van der Waals surface area contributed by atoms with E-state index in [-0.39, 0.29) is 4.90 Å². The molecule has 2 heterocycles. The fraction of sp³-hybridized carbons (Fsp3) is 0.571. The molecule has 0 aliphatic heterocycles. The molecule has 0 saturated carbocycles. The molecule has 0 bridgehead atoms. The first-order valence-electron chi connectivity index (χ1n) is 7.32. The molecule has 0 saturated heterocycles. The van der Waals surface area contributed by atoms with Crippen LogP contribution in [0.5, 0.6) is 0 Å². The molecule has 0 N–H and O–H groups in total. The van der Waals surface area contributed by atoms with Crippen molar-refractivity contribution < 1.29 is 8.42 Å². The number of sulfonamides is 1. The van der Waals surface area contributed by atoms with Gasteiger partial charge in [-0.2, -0.15) is 14.5 Å². The van der Waals surface area contributed by atoms with Crippen LogP contribution in [-0.2, 0) is 29.7 Å². The Morgan fingerprint density at radius 1 is 1.05 bits per heavy atom. The molecule has 0 aliphatic carbocycles. The average Bonchev–Trinajstić information content (AvgIpc) is 3.02. The molecule has 0 amide bonds. The largest absolute Gasteiger partial charge is 0.270 e. The maximum Gasteiger partial charge on any atom is 0.246 e. The van der Waals surface area contributed by atoms with E-state index in [2.05, 4.69) is 10.2 Å². The molecule has 2 aromatic heterocycles. The van der Waals surface area contributed by atoms with Crippen molar-refractivity contribution in [1.29, 1.82) is 0 Å². The van der Waals surface area contributed by atoms with Gasteiger partial charge in [-0.05, 0) is 27.7 Å². The zero-order chi connectivity index (χ0) is 16.5. The van der Waals surface area contributed by atoms with Gasteiger partial charge in [-0.3, -0.25) is 9.36 Å². The van der Waals surface area contributed by atoms with Crippen LogP contribution < -0.4 is 0 Å². The Labute approximate surface area is 131 Å². The first kappa shape index (κ1) is 16.7. The summed E-state index contributed by atoms with van der Waals surface area (Å²) in [6.07, 6.45) is 3.15. The second-order valence-electron chi connectivity index (χ2n) is 5.24. The van der Waals surface area contributed by atoms with Crippen molar-refractivity contribution in [2.75, 3.05) is 7.05 Å². The monoisotopic (exact) mass is 325 g/mol. The van der Waals surface area contributed by atoms with Crippen LogP contribution in [0.25, 0.3) is 0 Å². The summed E-state index contributed by atoms with van der Waals surface area (Å²) in [4.78, 5) is 0.261. The molecular weight excluding hydrogens is 302 g/mol. The van der Waals surface area contributed by atoms with Gasteiger partial charge in [0.05, 0.1) is 18.1 Å². The predicted molar refractivity (Wildman–Crippen MR) is 83.9 cm³/mol. The second-order valence-corrected chi connectivity index (χ2v) is 7.26. The van der Waals surface area contributed by atoms with Gasteiger partial charge in [-0.15, -0.1) is 0 Å². The van der Waals surface area contributed by atoms with E-state index in [1.165, 1.54) is 10.5 Å². The summed E-state index contributed by atoms with van der Waals surface area (Å²) in [5.74, 6) is 0. The van der Waals surface area contributed by atoms with Gasteiger partial charge in [-0.1, -0.05) is 0 Å². The van der Waals surface area contributed by atoms with Gasteiger partial charge in [0.25, 0.3) is 0 Å². The van der Waals surface area contributed by atoms with Gasteiger partial charge < -0.3 is 0 Å². The van der Waals surface area contributed by atoms with E-state index >= 15 is 0 Å². The van der Waals surface area contributed by atoms with E-state index in [9.17, 15) is 8.42 Å². The molecule has 22 heavy (non-hydrogen) atoms. The first-order valence-corrected chi connectivity index (χ1v) is 8.76. The van der Waals surface area contributed by atoms with Gasteiger partial charge in [0.2, 0.25) is 10.0 Å². The highest BCUT2D eigenvalue weighted by molar-refractivity contribution is 7.89. The van der Waals surface area contributed by atoms with E-state index in [0.717, 1.165) is 17.8 Å². The summed E-state index contributed by atoms with van der Waals surface area (Å²) in [6.45, 7) is 9.38. The lowest BCUT2D eigenvalue weighted by atomic mass is 10.2. The maximum absolute atomic E-state index is 12.7. The van der Waals surface area contributed by atoms with Crippen LogP contribution in [0.4, 0.5) is 0 Å². The molecule has 122 valence electrons. The standard InChI is InChI=1S/C14H23N5O2S/c1-6-18-11(3)13(8-15-18)10-17(5)22(20,21)14-9-16-19(7-2)12(14)4/h8-9H,6-7,10H2,1-5H3. The van der Waals surface area contributed by atoms with Crippen molar-refractivity contribution in [2.24, 2.45) is 0 Å². The Bertz CT molecular complexity index is 760. The number of aromatic nitrogens is 4. The van der Waals surface area contributed by atoms with E-state index in [1.54, 1.807) is 24.9 Å². The van der Waals surface area contributed by atoms with E-state index in [4.69, 9.17) is 0 Å². The predicted octanol–water partition coefficient (Wildman–Crippen LogP) is 1.56. The lowest BCUT2D eigenvalue weighted by Gasteiger charge is -2.16. The van der Waals surface area contributed by atoms with Crippen LogP contribution >= 0.6 is 0 Å². The topological polar surface area (TPSA) is 73.0 Å². The van der Waals surface area contributed by atoms with E-state index in [1.807, 2.05) is 25.5 Å². The smallest absolute Gasteiger partial charge is 0.246 e. The fourth-order valence-electron chi connectivity index (χ4n) is 2.45. The molecule has 2 aromatic rings. The van der Waals surface area contributed by atoms with Crippen LogP contribution in [0.15, 0.2) is 17.3 Å². The van der Waals surface area contributed by atoms with Crippen LogP contribution in [0.1, 0.15) is 30.8 Å². The molecule has 0 atom stereocenters. The second kappa shape index (κ2) is 6.21. The number of hydrogen-bond acceptors (Lipinski definition) is 4. The Morgan fingerprint density at radius 2 is 1.59 bits per heavy atom. The third-order valence-electron chi connectivity index (χ3n) is 3.94. The van der Waals surface area contributed by atoms with Gasteiger partial charge in [-0.25, -0.2) is 8.42 Å². The quantitative estimate of drug-likeness (QED) is 0.808. The number of nitrogens with zero attached hydrogens (tertiary/aromatic N) is 5. The number of hydrogen-bond donors (Lipinski definition) is 0. The summed E-state index contributed by atoms with van der Waals surface area (Å²) in [5, 5.41) is 8.37. The van der Waals surface area contributed by atoms with Gasteiger partial charge in [0, 0.05) is 37.9 Å². The zero-order valence-corrected chi connectivity index (χ0v) is 14.6. The minimum Gasteiger partial charge on any atom is -0.270 e. The molecule has 0 spiro atoms. The fourth-order valence-corrected chi connectivity index (χ4v) is 3.76. The SMILES string of the molecule is CCn1ncc(CN(C)S(=O)(=O)c2cnn(CC)c2C)c1C. The van der Waals surface area contributed by atoms with Crippen LogP contribution in [-0.4, -0.2) is 39.3 Å².